The number of amides is 1. The molecule has 2 atom stereocenters. The number of benzene rings is 1. The van der Waals surface area contributed by atoms with E-state index in [0.717, 1.165) is 17.6 Å². The van der Waals surface area contributed by atoms with Crippen molar-refractivity contribution in [2.24, 2.45) is 0 Å². The van der Waals surface area contributed by atoms with E-state index in [4.69, 9.17) is 0 Å². The second-order valence-corrected chi connectivity index (χ2v) is 5.12. The van der Waals surface area contributed by atoms with Gasteiger partial charge in [0, 0.05) is 12.1 Å². The van der Waals surface area contributed by atoms with Crippen LogP contribution in [0.2, 0.25) is 0 Å². The molecule has 0 saturated heterocycles. The molecule has 0 aromatic heterocycles. The molecule has 0 aliphatic carbocycles. The summed E-state index contributed by atoms with van der Waals surface area (Å²) in [7, 11) is 0. The Morgan fingerprint density at radius 3 is 2.52 bits per heavy atom. The van der Waals surface area contributed by atoms with Gasteiger partial charge in [-0.3, -0.25) is 4.79 Å². The molecule has 1 aromatic carbocycles. The Morgan fingerprint density at radius 1 is 1.29 bits per heavy atom. The minimum absolute atomic E-state index is 0.0898. The summed E-state index contributed by atoms with van der Waals surface area (Å²) >= 11 is 0. The molecule has 0 heterocycles. The first kappa shape index (κ1) is 17.2. The molecule has 1 amide bonds. The zero-order valence-corrected chi connectivity index (χ0v) is 13.0. The molecule has 3 heteroatoms. The molecule has 0 fully saturated rings. The second kappa shape index (κ2) is 9.14. The maximum atomic E-state index is 11.8. The van der Waals surface area contributed by atoms with Crippen molar-refractivity contribution in [3.8, 4) is 0 Å². The lowest BCUT2D eigenvalue weighted by Crippen LogP contribution is -2.32. The highest BCUT2D eigenvalue weighted by molar-refractivity contribution is 5.88. The van der Waals surface area contributed by atoms with Crippen LogP contribution < -0.4 is 5.32 Å². The fraction of sp³-hybridized carbons (Fsp3) is 0.389. The molecule has 2 N–H and O–H groups in total. The molecular formula is C18H25NO2. The largest absolute Gasteiger partial charge is 0.388 e. The van der Waals surface area contributed by atoms with E-state index in [2.05, 4.69) is 12.2 Å². The fourth-order valence-corrected chi connectivity index (χ4v) is 2.10. The van der Waals surface area contributed by atoms with Crippen LogP contribution in [0.25, 0.3) is 0 Å². The number of carbonyl (C=O) groups is 1. The van der Waals surface area contributed by atoms with Crippen molar-refractivity contribution >= 4 is 5.91 Å². The first-order valence-corrected chi connectivity index (χ1v) is 7.43. The van der Waals surface area contributed by atoms with Crippen molar-refractivity contribution in [1.82, 2.24) is 5.32 Å². The van der Waals surface area contributed by atoms with Crippen LogP contribution in [0, 0.1) is 0 Å². The Bertz CT molecular complexity index is 491. The van der Waals surface area contributed by atoms with E-state index in [-0.39, 0.29) is 11.9 Å². The third kappa shape index (κ3) is 6.41. The number of aliphatic hydroxyl groups excluding tert-OH is 1. The molecule has 1 rings (SSSR count). The van der Waals surface area contributed by atoms with Crippen molar-refractivity contribution in [2.45, 2.75) is 45.8 Å². The molecule has 0 bridgehead atoms. The molecule has 0 radical (unpaired) electrons. The first-order chi connectivity index (χ1) is 10.1. The number of carbonyl (C=O) groups excluding carboxylic acids is 1. The summed E-state index contributed by atoms with van der Waals surface area (Å²) in [6.45, 7) is 5.91. The van der Waals surface area contributed by atoms with Gasteiger partial charge in [0.2, 0.25) is 5.91 Å². The zero-order valence-electron chi connectivity index (χ0n) is 13.0. The lowest BCUT2D eigenvalue weighted by Gasteiger charge is -2.17. The van der Waals surface area contributed by atoms with Gasteiger partial charge in [-0.05, 0) is 32.3 Å². The third-order valence-electron chi connectivity index (χ3n) is 3.38. The van der Waals surface area contributed by atoms with Crippen LogP contribution in [-0.4, -0.2) is 17.1 Å². The van der Waals surface area contributed by atoms with E-state index < -0.39 is 6.10 Å². The smallest absolute Gasteiger partial charge is 0.244 e. The van der Waals surface area contributed by atoms with Gasteiger partial charge >= 0.3 is 0 Å². The maximum absolute atomic E-state index is 11.8. The molecule has 21 heavy (non-hydrogen) atoms. The van der Waals surface area contributed by atoms with Crippen LogP contribution >= 0.6 is 0 Å². The molecule has 114 valence electrons. The summed E-state index contributed by atoms with van der Waals surface area (Å²) in [5.74, 6) is -0.129. The predicted molar refractivity (Wildman–Crippen MR) is 86.8 cm³/mol. The highest BCUT2D eigenvalue weighted by Gasteiger charge is 2.13. The minimum atomic E-state index is -0.563. The van der Waals surface area contributed by atoms with Crippen LogP contribution in [0.5, 0.6) is 0 Å². The van der Waals surface area contributed by atoms with Gasteiger partial charge in [0.1, 0.15) is 0 Å². The minimum Gasteiger partial charge on any atom is -0.388 e. The lowest BCUT2D eigenvalue weighted by atomic mass is 10.0. The van der Waals surface area contributed by atoms with Gasteiger partial charge in [-0.2, -0.15) is 0 Å². The molecule has 1 aromatic rings. The number of hydrogen-bond donors (Lipinski definition) is 2. The van der Waals surface area contributed by atoms with Crippen LogP contribution in [0.15, 0.2) is 54.1 Å². The summed E-state index contributed by atoms with van der Waals surface area (Å²) in [6.07, 6.45) is 6.20. The number of rotatable bonds is 7. The molecule has 0 aliphatic rings. The Kier molecular flexibility index (Phi) is 7.48. The van der Waals surface area contributed by atoms with Crippen molar-refractivity contribution in [2.75, 3.05) is 0 Å². The van der Waals surface area contributed by atoms with Crippen molar-refractivity contribution < 1.29 is 9.90 Å². The predicted octanol–water partition coefficient (Wildman–Crippen LogP) is 3.53. The number of hydrogen-bond acceptors (Lipinski definition) is 2. The molecule has 0 spiro atoms. The number of allylic oxidation sites excluding steroid dienone is 3. The monoisotopic (exact) mass is 287 g/mol. The van der Waals surface area contributed by atoms with Gasteiger partial charge in [-0.1, -0.05) is 55.0 Å². The van der Waals surface area contributed by atoms with Gasteiger partial charge in [0.25, 0.3) is 0 Å². The Hall–Kier alpha value is -1.87. The van der Waals surface area contributed by atoms with Crippen LogP contribution in [0.1, 0.15) is 45.3 Å². The quantitative estimate of drug-likeness (QED) is 0.595. The van der Waals surface area contributed by atoms with Crippen molar-refractivity contribution in [3.63, 3.8) is 0 Å². The van der Waals surface area contributed by atoms with E-state index in [0.29, 0.717) is 6.42 Å². The Labute approximate surface area is 127 Å². The zero-order chi connectivity index (χ0) is 15.7. The summed E-state index contributed by atoms with van der Waals surface area (Å²) in [4.78, 5) is 11.8. The van der Waals surface area contributed by atoms with E-state index in [1.165, 1.54) is 0 Å². The summed E-state index contributed by atoms with van der Waals surface area (Å²) < 4.78 is 0. The average molecular weight is 287 g/mol. The lowest BCUT2D eigenvalue weighted by molar-refractivity contribution is -0.117. The number of aliphatic hydroxyl groups is 1. The van der Waals surface area contributed by atoms with E-state index in [9.17, 15) is 9.90 Å². The Morgan fingerprint density at radius 2 is 1.95 bits per heavy atom. The maximum Gasteiger partial charge on any atom is 0.244 e. The summed E-state index contributed by atoms with van der Waals surface area (Å²) in [5.41, 5.74) is 2.00. The SMILES string of the molecule is CC=C(C=CC(=O)NC(C)CC(O)c1ccccc1)CC. The standard InChI is InChI=1S/C18H25NO2/c1-4-15(5-2)11-12-18(21)19-14(3)13-17(20)16-9-7-6-8-10-16/h4,6-12,14,17,20H,5,13H2,1-3H3,(H,19,21). The van der Waals surface area contributed by atoms with Crippen LogP contribution in [-0.2, 0) is 4.79 Å². The normalized spacial score (nSPS) is 15.0. The summed E-state index contributed by atoms with van der Waals surface area (Å²) in [5, 5.41) is 13.0. The van der Waals surface area contributed by atoms with Crippen molar-refractivity contribution in [1.29, 1.82) is 0 Å². The molecule has 2 unspecified atom stereocenters. The molecule has 0 aliphatic heterocycles. The summed E-state index contributed by atoms with van der Waals surface area (Å²) in [6, 6.07) is 9.39. The van der Waals surface area contributed by atoms with E-state index in [1.807, 2.05) is 56.3 Å². The third-order valence-corrected chi connectivity index (χ3v) is 3.38. The van der Waals surface area contributed by atoms with Gasteiger partial charge in [-0.15, -0.1) is 0 Å². The van der Waals surface area contributed by atoms with Crippen LogP contribution in [0.3, 0.4) is 0 Å². The molecule has 3 nitrogen and oxygen atoms in total. The van der Waals surface area contributed by atoms with Gasteiger partial charge in [0.15, 0.2) is 0 Å². The van der Waals surface area contributed by atoms with Gasteiger partial charge in [-0.25, -0.2) is 0 Å². The highest BCUT2D eigenvalue weighted by atomic mass is 16.3. The van der Waals surface area contributed by atoms with Crippen molar-refractivity contribution in [3.05, 3.63) is 59.7 Å². The second-order valence-electron chi connectivity index (χ2n) is 5.12. The highest BCUT2D eigenvalue weighted by Crippen LogP contribution is 2.17. The van der Waals surface area contributed by atoms with E-state index >= 15 is 0 Å². The van der Waals surface area contributed by atoms with Crippen LogP contribution in [0.4, 0.5) is 0 Å². The molecular weight excluding hydrogens is 262 g/mol. The van der Waals surface area contributed by atoms with Gasteiger partial charge in [0.05, 0.1) is 6.10 Å². The molecule has 0 saturated carbocycles. The Balaban J connectivity index is 2.46. The number of nitrogens with one attached hydrogen (secondary N) is 1. The average Bonchev–Trinajstić information content (AvgIpc) is 2.49. The topological polar surface area (TPSA) is 49.3 Å². The fourth-order valence-electron chi connectivity index (χ4n) is 2.10. The first-order valence-electron chi connectivity index (χ1n) is 7.43. The van der Waals surface area contributed by atoms with Gasteiger partial charge < -0.3 is 10.4 Å². The van der Waals surface area contributed by atoms with E-state index in [1.54, 1.807) is 6.08 Å².